The molecule has 7 aromatic carbocycles. The van der Waals surface area contributed by atoms with Crippen LogP contribution in [-0.4, -0.2) is 19.9 Å². The van der Waals surface area contributed by atoms with E-state index in [4.69, 9.17) is 24.4 Å². The molecule has 0 saturated carbocycles. The van der Waals surface area contributed by atoms with Gasteiger partial charge in [-0.05, 0) is 42.5 Å². The predicted molar refractivity (Wildman–Crippen MR) is 215 cm³/mol. The fourth-order valence-electron chi connectivity index (χ4n) is 7.57. The fraction of sp³-hybridized carbons (Fsp3) is 0. The number of fused-ring (bicyclic) bond motifs is 10. The molecule has 0 unspecified atom stereocenters. The number of hydrogen-bond donors (Lipinski definition) is 0. The zero-order valence-electron chi connectivity index (χ0n) is 27.6. The third-order valence-electron chi connectivity index (χ3n) is 9.91. The Morgan fingerprint density at radius 2 is 1.06 bits per heavy atom. The summed E-state index contributed by atoms with van der Waals surface area (Å²) in [4.78, 5) is 20.6. The topological polar surface area (TPSA) is 64.7 Å². The van der Waals surface area contributed by atoms with Crippen LogP contribution in [0.15, 0.2) is 162 Å². The van der Waals surface area contributed by atoms with Crippen molar-refractivity contribution in [2.24, 2.45) is 0 Å². The molecule has 0 amide bonds. The van der Waals surface area contributed by atoms with Gasteiger partial charge in [-0.3, -0.25) is 0 Å². The highest BCUT2D eigenvalue weighted by molar-refractivity contribution is 7.26. The van der Waals surface area contributed by atoms with E-state index in [0.29, 0.717) is 17.5 Å². The number of pyridine rings is 1. The van der Waals surface area contributed by atoms with Crippen LogP contribution in [0.5, 0.6) is 0 Å². The first kappa shape index (κ1) is 29.0. The molecule has 0 aliphatic carbocycles. The molecule has 6 heteroatoms. The third kappa shape index (κ3) is 4.48. The molecule has 0 bridgehead atoms. The summed E-state index contributed by atoms with van der Waals surface area (Å²) >= 11 is 1.81. The normalized spacial score (nSPS) is 11.8. The van der Waals surface area contributed by atoms with Gasteiger partial charge in [-0.15, -0.1) is 11.3 Å². The zero-order chi connectivity index (χ0) is 34.2. The lowest BCUT2D eigenvalue weighted by molar-refractivity contribution is 0.669. The second kappa shape index (κ2) is 11.4. The molecular weight excluding hydrogens is 657 g/mol. The molecule has 11 aromatic rings. The summed E-state index contributed by atoms with van der Waals surface area (Å²) in [7, 11) is 0. The Bertz CT molecular complexity index is 3190. The zero-order valence-corrected chi connectivity index (χ0v) is 28.4. The lowest BCUT2D eigenvalue weighted by atomic mass is 9.96. The van der Waals surface area contributed by atoms with Crippen molar-refractivity contribution in [2.45, 2.75) is 0 Å². The molecule has 0 fully saturated rings. The number of para-hydroxylation sites is 2. The van der Waals surface area contributed by atoms with E-state index < -0.39 is 0 Å². The minimum absolute atomic E-state index is 0.603. The maximum Gasteiger partial charge on any atom is 0.164 e. The number of furan rings is 1. The SMILES string of the molecule is c1ccc(-c2nc(-c3ccc4sc5ccc6c(-c7ccccc7)nc7ccccc7c6c5c4c3)nc(-c3cccc4oc5ccccc5c34)n2)cc1. The Morgan fingerprint density at radius 1 is 0.385 bits per heavy atom. The van der Waals surface area contributed by atoms with Gasteiger partial charge in [0.05, 0.1) is 11.2 Å². The van der Waals surface area contributed by atoms with Crippen LogP contribution in [0.1, 0.15) is 0 Å². The van der Waals surface area contributed by atoms with E-state index in [0.717, 1.165) is 66.2 Å². The molecule has 0 N–H and O–H groups in total. The van der Waals surface area contributed by atoms with E-state index in [1.54, 1.807) is 0 Å². The molecule has 0 aliphatic rings. The summed E-state index contributed by atoms with van der Waals surface area (Å²) in [6.45, 7) is 0. The van der Waals surface area contributed by atoms with Crippen molar-refractivity contribution in [2.75, 3.05) is 0 Å². The quantitative estimate of drug-likeness (QED) is 0.173. The number of hydrogen-bond acceptors (Lipinski definition) is 6. The highest BCUT2D eigenvalue weighted by atomic mass is 32.1. The molecule has 5 nitrogen and oxygen atoms in total. The first-order chi connectivity index (χ1) is 25.8. The number of rotatable bonds is 4. The number of nitrogens with zero attached hydrogens (tertiary/aromatic N) is 4. The Balaban J connectivity index is 1.19. The van der Waals surface area contributed by atoms with Gasteiger partial charge in [-0.1, -0.05) is 115 Å². The van der Waals surface area contributed by atoms with Gasteiger partial charge in [-0.25, -0.2) is 19.9 Å². The Morgan fingerprint density at radius 3 is 1.90 bits per heavy atom. The maximum absolute atomic E-state index is 6.25. The molecule has 0 aliphatic heterocycles. The molecule has 4 heterocycles. The summed E-state index contributed by atoms with van der Waals surface area (Å²) in [6, 6.07) is 54.3. The van der Waals surface area contributed by atoms with Crippen LogP contribution in [0.2, 0.25) is 0 Å². The monoisotopic (exact) mass is 682 g/mol. The van der Waals surface area contributed by atoms with Crippen molar-refractivity contribution in [1.82, 2.24) is 19.9 Å². The van der Waals surface area contributed by atoms with E-state index in [2.05, 4.69) is 91.0 Å². The van der Waals surface area contributed by atoms with E-state index in [-0.39, 0.29) is 0 Å². The van der Waals surface area contributed by atoms with Gasteiger partial charge < -0.3 is 4.42 Å². The summed E-state index contributed by atoms with van der Waals surface area (Å²) in [5.41, 5.74) is 7.47. The van der Waals surface area contributed by atoms with Gasteiger partial charge in [0.1, 0.15) is 11.2 Å². The van der Waals surface area contributed by atoms with Gasteiger partial charge in [0.25, 0.3) is 0 Å². The molecular formula is C46H26N4OS. The van der Waals surface area contributed by atoms with Crippen LogP contribution in [0.4, 0.5) is 0 Å². The van der Waals surface area contributed by atoms with Gasteiger partial charge in [0, 0.05) is 69.4 Å². The minimum atomic E-state index is 0.603. The Kier molecular flexibility index (Phi) is 6.35. The average Bonchev–Trinajstić information content (AvgIpc) is 3.79. The molecule has 52 heavy (non-hydrogen) atoms. The molecule has 0 radical (unpaired) electrons. The largest absolute Gasteiger partial charge is 0.456 e. The van der Waals surface area contributed by atoms with Gasteiger partial charge in [0.15, 0.2) is 17.5 Å². The Labute approximate surface area is 301 Å². The Hall–Kier alpha value is -6.76. The lowest BCUT2D eigenvalue weighted by Gasteiger charge is -2.12. The summed E-state index contributed by atoms with van der Waals surface area (Å²) < 4.78 is 8.69. The molecule has 11 rings (SSSR count). The van der Waals surface area contributed by atoms with Crippen molar-refractivity contribution < 1.29 is 4.42 Å². The minimum Gasteiger partial charge on any atom is -0.456 e. The van der Waals surface area contributed by atoms with E-state index in [1.807, 2.05) is 78.1 Å². The highest BCUT2D eigenvalue weighted by Crippen LogP contribution is 2.44. The number of thiophene rings is 1. The third-order valence-corrected chi connectivity index (χ3v) is 11.0. The van der Waals surface area contributed by atoms with Crippen LogP contribution in [0, 0.1) is 0 Å². The second-order valence-electron chi connectivity index (χ2n) is 13.0. The van der Waals surface area contributed by atoms with Gasteiger partial charge in [0.2, 0.25) is 0 Å². The summed E-state index contributed by atoms with van der Waals surface area (Å²) in [6.07, 6.45) is 0. The van der Waals surface area contributed by atoms with Crippen molar-refractivity contribution in [3.63, 3.8) is 0 Å². The van der Waals surface area contributed by atoms with Gasteiger partial charge >= 0.3 is 0 Å². The standard InChI is InChI=1S/C46H26N4OS/c1-3-12-27(13-4-1)43-32-23-25-39-42(41(32)30-16-7-9-19-35(30)47-43)34-26-29(22-24-38(34)52-39)45-48-44(28-14-5-2-6-15-28)49-46(50-45)33-18-11-21-37-40(33)31-17-8-10-20-36(31)51-37/h1-26H. The van der Waals surface area contributed by atoms with Crippen molar-refractivity contribution in [1.29, 1.82) is 0 Å². The van der Waals surface area contributed by atoms with Crippen LogP contribution in [0.3, 0.4) is 0 Å². The molecule has 0 atom stereocenters. The maximum atomic E-state index is 6.25. The van der Waals surface area contributed by atoms with E-state index in [9.17, 15) is 0 Å². The smallest absolute Gasteiger partial charge is 0.164 e. The van der Waals surface area contributed by atoms with Crippen LogP contribution in [0.25, 0.3) is 109 Å². The average molecular weight is 683 g/mol. The first-order valence-corrected chi connectivity index (χ1v) is 18.0. The van der Waals surface area contributed by atoms with Gasteiger partial charge in [-0.2, -0.15) is 0 Å². The van der Waals surface area contributed by atoms with Crippen LogP contribution in [-0.2, 0) is 0 Å². The van der Waals surface area contributed by atoms with Crippen molar-refractivity contribution in [3.8, 4) is 45.4 Å². The molecule has 242 valence electrons. The van der Waals surface area contributed by atoms with Crippen LogP contribution < -0.4 is 0 Å². The van der Waals surface area contributed by atoms with Crippen molar-refractivity contribution >= 4 is 75.1 Å². The first-order valence-electron chi connectivity index (χ1n) is 17.2. The van der Waals surface area contributed by atoms with E-state index >= 15 is 0 Å². The molecule has 4 aromatic heterocycles. The second-order valence-corrected chi connectivity index (χ2v) is 14.1. The summed E-state index contributed by atoms with van der Waals surface area (Å²) in [5.74, 6) is 1.84. The lowest BCUT2D eigenvalue weighted by Crippen LogP contribution is -2.00. The fourth-order valence-corrected chi connectivity index (χ4v) is 8.66. The highest BCUT2D eigenvalue weighted by Gasteiger charge is 2.20. The molecule has 0 spiro atoms. The van der Waals surface area contributed by atoms with Crippen molar-refractivity contribution in [3.05, 3.63) is 158 Å². The summed E-state index contributed by atoms with van der Waals surface area (Å²) in [5, 5.41) is 7.91. The predicted octanol–water partition coefficient (Wildman–Crippen LogP) is 12.5. The molecule has 0 saturated heterocycles. The van der Waals surface area contributed by atoms with E-state index in [1.165, 1.54) is 25.6 Å². The number of aromatic nitrogens is 4. The van der Waals surface area contributed by atoms with Crippen LogP contribution >= 0.6 is 11.3 Å². The number of benzene rings is 7.